The topological polar surface area (TPSA) is 32.3 Å². The zero-order valence-electron chi connectivity index (χ0n) is 7.22. The van der Waals surface area contributed by atoms with Crippen molar-refractivity contribution < 1.29 is 5.11 Å². The van der Waals surface area contributed by atoms with Crippen LogP contribution in [0.3, 0.4) is 0 Å². The van der Waals surface area contributed by atoms with Gasteiger partial charge in [0, 0.05) is 11.6 Å². The van der Waals surface area contributed by atoms with Crippen LogP contribution in [0.15, 0.2) is 18.2 Å². The summed E-state index contributed by atoms with van der Waals surface area (Å²) < 4.78 is 0. The van der Waals surface area contributed by atoms with Gasteiger partial charge in [-0.25, -0.2) is 0 Å². The van der Waals surface area contributed by atoms with Crippen LogP contribution < -0.4 is 5.32 Å². The van der Waals surface area contributed by atoms with Crippen LogP contribution in [0.4, 0.5) is 5.69 Å². The monoisotopic (exact) mass is 219 g/mol. The summed E-state index contributed by atoms with van der Waals surface area (Å²) in [5.41, 5.74) is 0.745. The van der Waals surface area contributed by atoms with E-state index in [2.05, 4.69) is 5.32 Å². The lowest BCUT2D eigenvalue weighted by Crippen LogP contribution is -2.15. The third-order valence-electron chi connectivity index (χ3n) is 1.52. The van der Waals surface area contributed by atoms with Crippen molar-refractivity contribution in [1.29, 1.82) is 0 Å². The number of hydrogen-bond donors (Lipinski definition) is 2. The highest BCUT2D eigenvalue weighted by Gasteiger charge is 2.01. The van der Waals surface area contributed by atoms with Crippen LogP contribution in [0.5, 0.6) is 0 Å². The molecule has 72 valence electrons. The summed E-state index contributed by atoms with van der Waals surface area (Å²) in [5, 5.41) is 13.2. The Morgan fingerprint density at radius 3 is 2.77 bits per heavy atom. The van der Waals surface area contributed by atoms with Crippen molar-refractivity contribution in [3.63, 3.8) is 0 Å². The standard InChI is InChI=1S/C9H11Cl2NO/c1-6(13)5-12-9-4-7(10)2-3-8(9)11/h2-4,6,12-13H,5H2,1H3/t6-/m1/s1. The van der Waals surface area contributed by atoms with Crippen molar-refractivity contribution in [2.24, 2.45) is 0 Å². The molecule has 2 nitrogen and oxygen atoms in total. The van der Waals surface area contributed by atoms with Crippen LogP contribution in [-0.4, -0.2) is 17.8 Å². The Labute approximate surface area is 87.5 Å². The first-order chi connectivity index (χ1) is 6.09. The van der Waals surface area contributed by atoms with E-state index in [4.69, 9.17) is 28.3 Å². The maximum Gasteiger partial charge on any atom is 0.0684 e. The first-order valence-electron chi connectivity index (χ1n) is 3.96. The van der Waals surface area contributed by atoms with Crippen molar-refractivity contribution in [2.45, 2.75) is 13.0 Å². The SMILES string of the molecule is C[C@@H](O)CNc1cc(Cl)ccc1Cl. The average Bonchev–Trinajstić information content (AvgIpc) is 2.06. The minimum atomic E-state index is -0.407. The minimum absolute atomic E-state index is 0.407. The number of aliphatic hydroxyl groups is 1. The van der Waals surface area contributed by atoms with Crippen molar-refractivity contribution in [2.75, 3.05) is 11.9 Å². The number of hydrogen-bond acceptors (Lipinski definition) is 2. The van der Waals surface area contributed by atoms with E-state index in [1.54, 1.807) is 25.1 Å². The predicted molar refractivity (Wildman–Crippen MR) is 56.6 cm³/mol. The van der Waals surface area contributed by atoms with Gasteiger partial charge in [0.25, 0.3) is 0 Å². The van der Waals surface area contributed by atoms with Gasteiger partial charge in [-0.3, -0.25) is 0 Å². The molecule has 0 saturated carbocycles. The summed E-state index contributed by atoms with van der Waals surface area (Å²) in [4.78, 5) is 0. The Hall–Kier alpha value is -0.440. The number of benzene rings is 1. The van der Waals surface area contributed by atoms with E-state index in [-0.39, 0.29) is 0 Å². The van der Waals surface area contributed by atoms with Crippen molar-refractivity contribution in [1.82, 2.24) is 0 Å². The number of halogens is 2. The van der Waals surface area contributed by atoms with Crippen LogP contribution in [0.25, 0.3) is 0 Å². The van der Waals surface area contributed by atoms with Gasteiger partial charge in [-0.1, -0.05) is 23.2 Å². The molecule has 0 aromatic heterocycles. The molecule has 0 aliphatic rings. The second-order valence-electron chi connectivity index (χ2n) is 2.85. The second-order valence-corrected chi connectivity index (χ2v) is 3.70. The summed E-state index contributed by atoms with van der Waals surface area (Å²) in [6.07, 6.45) is -0.407. The molecular formula is C9H11Cl2NO. The average molecular weight is 220 g/mol. The van der Waals surface area contributed by atoms with E-state index in [1.165, 1.54) is 0 Å². The smallest absolute Gasteiger partial charge is 0.0684 e. The lowest BCUT2D eigenvalue weighted by molar-refractivity contribution is 0.208. The zero-order chi connectivity index (χ0) is 9.84. The molecule has 0 aliphatic carbocycles. The second kappa shape index (κ2) is 4.70. The third-order valence-corrected chi connectivity index (χ3v) is 2.08. The molecule has 0 saturated heterocycles. The molecule has 0 fully saturated rings. The van der Waals surface area contributed by atoms with Gasteiger partial charge in [-0.2, -0.15) is 0 Å². The molecule has 0 heterocycles. The molecule has 1 aromatic carbocycles. The maximum absolute atomic E-state index is 9.04. The molecule has 1 aromatic rings. The molecule has 0 amide bonds. The summed E-state index contributed by atoms with van der Waals surface area (Å²) in [7, 11) is 0. The molecule has 2 N–H and O–H groups in total. The molecule has 13 heavy (non-hydrogen) atoms. The fraction of sp³-hybridized carbons (Fsp3) is 0.333. The molecule has 0 bridgehead atoms. The van der Waals surface area contributed by atoms with E-state index >= 15 is 0 Å². The largest absolute Gasteiger partial charge is 0.392 e. The van der Waals surface area contributed by atoms with Gasteiger partial charge in [0.05, 0.1) is 16.8 Å². The fourth-order valence-corrected chi connectivity index (χ4v) is 1.25. The molecule has 0 radical (unpaired) electrons. The van der Waals surface area contributed by atoms with E-state index in [0.29, 0.717) is 16.6 Å². The summed E-state index contributed by atoms with van der Waals surface area (Å²) in [6, 6.07) is 5.16. The first-order valence-corrected chi connectivity index (χ1v) is 4.72. The summed E-state index contributed by atoms with van der Waals surface area (Å²) >= 11 is 11.6. The third kappa shape index (κ3) is 3.43. The molecule has 1 rings (SSSR count). The highest BCUT2D eigenvalue weighted by Crippen LogP contribution is 2.25. The van der Waals surface area contributed by atoms with Crippen LogP contribution in [0.2, 0.25) is 10.0 Å². The number of anilines is 1. The highest BCUT2D eigenvalue weighted by molar-refractivity contribution is 6.35. The van der Waals surface area contributed by atoms with Crippen LogP contribution in [0, 0.1) is 0 Å². The van der Waals surface area contributed by atoms with Crippen molar-refractivity contribution >= 4 is 28.9 Å². The Morgan fingerprint density at radius 1 is 1.46 bits per heavy atom. The lowest BCUT2D eigenvalue weighted by atomic mass is 10.3. The van der Waals surface area contributed by atoms with Gasteiger partial charge in [0.1, 0.15) is 0 Å². The Morgan fingerprint density at radius 2 is 2.15 bits per heavy atom. The van der Waals surface area contributed by atoms with Gasteiger partial charge in [0.15, 0.2) is 0 Å². The van der Waals surface area contributed by atoms with Gasteiger partial charge < -0.3 is 10.4 Å². The predicted octanol–water partition coefficient (Wildman–Crippen LogP) is 2.79. The van der Waals surface area contributed by atoms with E-state index in [9.17, 15) is 0 Å². The maximum atomic E-state index is 9.04. The van der Waals surface area contributed by atoms with E-state index < -0.39 is 6.10 Å². The molecule has 1 atom stereocenters. The lowest BCUT2D eigenvalue weighted by Gasteiger charge is -2.09. The van der Waals surface area contributed by atoms with Gasteiger partial charge >= 0.3 is 0 Å². The fourth-order valence-electron chi connectivity index (χ4n) is 0.891. The normalized spacial score (nSPS) is 12.6. The highest BCUT2D eigenvalue weighted by atomic mass is 35.5. The van der Waals surface area contributed by atoms with E-state index in [1.807, 2.05) is 0 Å². The number of aliphatic hydroxyl groups excluding tert-OH is 1. The molecule has 4 heteroatoms. The summed E-state index contributed by atoms with van der Waals surface area (Å²) in [5.74, 6) is 0. The number of rotatable bonds is 3. The van der Waals surface area contributed by atoms with E-state index in [0.717, 1.165) is 5.69 Å². The van der Waals surface area contributed by atoms with Gasteiger partial charge in [-0.15, -0.1) is 0 Å². The Balaban J connectivity index is 2.70. The number of nitrogens with one attached hydrogen (secondary N) is 1. The zero-order valence-corrected chi connectivity index (χ0v) is 8.73. The molecule has 0 unspecified atom stereocenters. The molecular weight excluding hydrogens is 209 g/mol. The molecule has 0 aliphatic heterocycles. The van der Waals surface area contributed by atoms with Gasteiger partial charge in [-0.05, 0) is 25.1 Å². The van der Waals surface area contributed by atoms with Crippen molar-refractivity contribution in [3.05, 3.63) is 28.2 Å². The van der Waals surface area contributed by atoms with Crippen molar-refractivity contribution in [3.8, 4) is 0 Å². The van der Waals surface area contributed by atoms with Crippen LogP contribution >= 0.6 is 23.2 Å². The first kappa shape index (κ1) is 10.6. The molecule has 0 spiro atoms. The van der Waals surface area contributed by atoms with Crippen LogP contribution in [0.1, 0.15) is 6.92 Å². The van der Waals surface area contributed by atoms with Crippen LogP contribution in [-0.2, 0) is 0 Å². The Bertz CT molecular complexity index is 289. The van der Waals surface area contributed by atoms with Gasteiger partial charge in [0.2, 0.25) is 0 Å². The Kier molecular flexibility index (Phi) is 3.85. The quantitative estimate of drug-likeness (QED) is 0.820. The minimum Gasteiger partial charge on any atom is -0.392 e. The summed E-state index contributed by atoms with van der Waals surface area (Å²) in [6.45, 7) is 2.16.